The number of nitrogens with one attached hydrogen (secondary N) is 1. The highest BCUT2D eigenvalue weighted by Crippen LogP contribution is 2.26. The van der Waals surface area contributed by atoms with Gasteiger partial charge in [-0.05, 0) is 54.4 Å². The molecule has 0 aliphatic heterocycles. The number of aryl methyl sites for hydroxylation is 1. The molecule has 4 aromatic rings. The highest BCUT2D eigenvalue weighted by Gasteiger charge is 2.34. The fraction of sp³-hybridized carbons (Fsp3) is 0.188. The smallest absolute Gasteiger partial charge is 0.264 e. The Bertz CT molecular complexity index is 1560. The summed E-state index contributed by atoms with van der Waals surface area (Å²) in [6, 6.07) is 30.5. The van der Waals surface area contributed by atoms with Crippen molar-refractivity contribution < 1.29 is 18.0 Å². The highest BCUT2D eigenvalue weighted by molar-refractivity contribution is 7.92. The van der Waals surface area contributed by atoms with Gasteiger partial charge >= 0.3 is 0 Å². The number of hydrogen-bond acceptors (Lipinski definition) is 4. The summed E-state index contributed by atoms with van der Waals surface area (Å²) in [4.78, 5) is 28.9. The van der Waals surface area contributed by atoms with Crippen molar-refractivity contribution in [3.8, 4) is 0 Å². The molecule has 0 saturated heterocycles. The molecule has 0 bridgehead atoms. The van der Waals surface area contributed by atoms with E-state index in [1.807, 2.05) is 67.6 Å². The Morgan fingerprint density at radius 3 is 1.93 bits per heavy atom. The molecule has 9 heteroatoms. The van der Waals surface area contributed by atoms with Crippen LogP contribution in [0.2, 0.25) is 5.02 Å². The van der Waals surface area contributed by atoms with Crippen LogP contribution in [0.5, 0.6) is 0 Å². The van der Waals surface area contributed by atoms with Crippen LogP contribution in [0.1, 0.15) is 16.7 Å². The summed E-state index contributed by atoms with van der Waals surface area (Å²) in [5.41, 5.74) is 2.86. The van der Waals surface area contributed by atoms with Gasteiger partial charge in [-0.3, -0.25) is 13.9 Å². The molecule has 4 aromatic carbocycles. The predicted octanol–water partition coefficient (Wildman–Crippen LogP) is 5.23. The molecule has 212 valence electrons. The summed E-state index contributed by atoms with van der Waals surface area (Å²) in [6.07, 6.45) is 0.255. The minimum absolute atomic E-state index is 0.0487. The van der Waals surface area contributed by atoms with Gasteiger partial charge in [0.1, 0.15) is 12.6 Å². The molecule has 0 saturated carbocycles. The molecule has 2 amide bonds. The molecule has 1 N–H and O–H groups in total. The zero-order chi connectivity index (χ0) is 29.4. The first-order valence-corrected chi connectivity index (χ1v) is 14.9. The van der Waals surface area contributed by atoms with Crippen molar-refractivity contribution in [1.29, 1.82) is 0 Å². The van der Waals surface area contributed by atoms with Crippen LogP contribution in [0.4, 0.5) is 5.69 Å². The zero-order valence-electron chi connectivity index (χ0n) is 22.9. The third-order valence-electron chi connectivity index (χ3n) is 6.72. The first-order valence-electron chi connectivity index (χ1n) is 13.1. The molecule has 0 fully saturated rings. The summed E-state index contributed by atoms with van der Waals surface area (Å²) in [6.45, 7) is 1.46. The van der Waals surface area contributed by atoms with Crippen molar-refractivity contribution in [2.75, 3.05) is 17.9 Å². The maximum atomic E-state index is 14.2. The Hall–Kier alpha value is -4.14. The molecule has 4 rings (SSSR count). The second-order valence-electron chi connectivity index (χ2n) is 9.63. The minimum Gasteiger partial charge on any atom is -0.357 e. The Morgan fingerprint density at radius 1 is 0.805 bits per heavy atom. The van der Waals surface area contributed by atoms with E-state index in [-0.39, 0.29) is 29.5 Å². The topological polar surface area (TPSA) is 86.8 Å². The van der Waals surface area contributed by atoms with Gasteiger partial charge in [-0.15, -0.1) is 0 Å². The zero-order valence-corrected chi connectivity index (χ0v) is 24.5. The number of benzene rings is 4. The summed E-state index contributed by atoms with van der Waals surface area (Å²) < 4.78 is 28.9. The van der Waals surface area contributed by atoms with Crippen LogP contribution < -0.4 is 9.62 Å². The number of anilines is 1. The summed E-state index contributed by atoms with van der Waals surface area (Å²) in [5, 5.41) is 3.11. The second kappa shape index (κ2) is 13.5. The molecular weight excluding hydrogens is 558 g/mol. The maximum absolute atomic E-state index is 14.2. The molecule has 41 heavy (non-hydrogen) atoms. The Labute approximate surface area is 246 Å². The van der Waals surface area contributed by atoms with Gasteiger partial charge in [0.25, 0.3) is 10.0 Å². The van der Waals surface area contributed by atoms with Crippen LogP contribution in [0, 0.1) is 6.92 Å². The van der Waals surface area contributed by atoms with Gasteiger partial charge in [0, 0.05) is 25.0 Å². The normalized spacial score (nSPS) is 11.9. The lowest BCUT2D eigenvalue weighted by Gasteiger charge is -2.33. The Kier molecular flexibility index (Phi) is 9.81. The van der Waals surface area contributed by atoms with Gasteiger partial charge in [-0.25, -0.2) is 8.42 Å². The number of hydrogen-bond donors (Lipinski definition) is 1. The second-order valence-corrected chi connectivity index (χ2v) is 11.9. The Morgan fingerprint density at radius 2 is 1.37 bits per heavy atom. The molecule has 0 spiro atoms. The van der Waals surface area contributed by atoms with E-state index in [1.165, 1.54) is 24.1 Å². The lowest BCUT2D eigenvalue weighted by atomic mass is 10.0. The molecule has 0 heterocycles. The van der Waals surface area contributed by atoms with Gasteiger partial charge in [0.05, 0.1) is 10.6 Å². The van der Waals surface area contributed by atoms with Crippen molar-refractivity contribution in [1.82, 2.24) is 10.2 Å². The van der Waals surface area contributed by atoms with Crippen molar-refractivity contribution in [3.05, 3.63) is 131 Å². The van der Waals surface area contributed by atoms with Gasteiger partial charge in [0.2, 0.25) is 11.8 Å². The van der Waals surface area contributed by atoms with Crippen LogP contribution in [-0.2, 0) is 32.6 Å². The molecular formula is C32H32ClN3O4S. The fourth-order valence-electron chi connectivity index (χ4n) is 4.47. The molecule has 0 aliphatic rings. The monoisotopic (exact) mass is 589 g/mol. The largest absolute Gasteiger partial charge is 0.357 e. The van der Waals surface area contributed by atoms with Crippen LogP contribution in [0.3, 0.4) is 0 Å². The van der Waals surface area contributed by atoms with E-state index >= 15 is 0 Å². The summed E-state index contributed by atoms with van der Waals surface area (Å²) in [7, 11) is -2.63. The van der Waals surface area contributed by atoms with E-state index in [4.69, 9.17) is 11.6 Å². The molecule has 0 radical (unpaired) electrons. The van der Waals surface area contributed by atoms with Crippen LogP contribution in [0.15, 0.2) is 114 Å². The molecule has 1 atom stereocenters. The van der Waals surface area contributed by atoms with Crippen molar-refractivity contribution in [2.24, 2.45) is 0 Å². The van der Waals surface area contributed by atoms with Gasteiger partial charge < -0.3 is 10.2 Å². The summed E-state index contributed by atoms with van der Waals surface area (Å²) in [5.74, 6) is -0.874. The SMILES string of the molecule is CNC(=O)[C@@H](Cc1ccccc1)N(Cc1ccccc1)C(=O)CN(c1ccc(Cl)cc1)S(=O)(=O)c1ccc(C)cc1. The van der Waals surface area contributed by atoms with Crippen LogP contribution >= 0.6 is 11.6 Å². The molecule has 0 aromatic heterocycles. The van der Waals surface area contributed by atoms with Gasteiger partial charge in [-0.1, -0.05) is 90.0 Å². The first kappa shape index (κ1) is 29.8. The van der Waals surface area contributed by atoms with E-state index in [2.05, 4.69) is 5.32 Å². The fourth-order valence-corrected chi connectivity index (χ4v) is 6.01. The standard InChI is InChI=1S/C32H32ClN3O4S/c1-24-13-19-29(20-14-24)41(39,40)36(28-17-15-27(33)16-18-28)23-31(37)35(22-26-11-7-4-8-12-26)30(32(38)34-2)21-25-9-5-3-6-10-25/h3-20,30H,21-23H2,1-2H3,(H,34,38)/t30-/m1/s1. The minimum atomic E-state index is -4.15. The molecule has 0 aliphatic carbocycles. The van der Waals surface area contributed by atoms with Gasteiger partial charge in [-0.2, -0.15) is 0 Å². The average Bonchev–Trinajstić information content (AvgIpc) is 2.99. The van der Waals surface area contributed by atoms with Crippen LogP contribution in [-0.4, -0.2) is 44.8 Å². The van der Waals surface area contributed by atoms with E-state index in [0.717, 1.165) is 21.0 Å². The van der Waals surface area contributed by atoms with E-state index in [1.54, 1.807) is 36.4 Å². The molecule has 0 unspecified atom stereocenters. The average molecular weight is 590 g/mol. The number of rotatable bonds is 11. The number of carbonyl (C=O) groups is 2. The predicted molar refractivity (Wildman–Crippen MR) is 162 cm³/mol. The Balaban J connectivity index is 1.77. The number of likely N-dealkylation sites (N-methyl/N-ethyl adjacent to an activating group) is 1. The number of sulfonamides is 1. The first-order chi connectivity index (χ1) is 19.7. The number of nitrogens with zero attached hydrogens (tertiary/aromatic N) is 2. The van der Waals surface area contributed by atoms with Crippen molar-refractivity contribution >= 4 is 39.1 Å². The number of amides is 2. The number of halogens is 1. The maximum Gasteiger partial charge on any atom is 0.264 e. The highest BCUT2D eigenvalue weighted by atomic mass is 35.5. The number of carbonyl (C=O) groups excluding carboxylic acids is 2. The van der Waals surface area contributed by atoms with E-state index in [0.29, 0.717) is 5.02 Å². The van der Waals surface area contributed by atoms with Crippen LogP contribution in [0.25, 0.3) is 0 Å². The quantitative estimate of drug-likeness (QED) is 0.260. The van der Waals surface area contributed by atoms with E-state index < -0.39 is 28.5 Å². The lowest BCUT2D eigenvalue weighted by Crippen LogP contribution is -2.53. The third kappa shape index (κ3) is 7.54. The van der Waals surface area contributed by atoms with E-state index in [9.17, 15) is 18.0 Å². The lowest BCUT2D eigenvalue weighted by molar-refractivity contribution is -0.139. The van der Waals surface area contributed by atoms with Gasteiger partial charge in [0.15, 0.2) is 0 Å². The van der Waals surface area contributed by atoms with Crippen molar-refractivity contribution in [3.63, 3.8) is 0 Å². The molecule has 7 nitrogen and oxygen atoms in total. The van der Waals surface area contributed by atoms with Crippen molar-refractivity contribution in [2.45, 2.75) is 30.8 Å². The summed E-state index contributed by atoms with van der Waals surface area (Å²) >= 11 is 6.09. The third-order valence-corrected chi connectivity index (χ3v) is 8.76.